The van der Waals surface area contributed by atoms with Gasteiger partial charge in [-0.3, -0.25) is 9.63 Å². The number of carbonyl (C=O) groups is 1. The first-order valence-electron chi connectivity index (χ1n) is 19.8. The molecular weight excluding hydrogens is 785 g/mol. The molecule has 0 spiro atoms. The van der Waals surface area contributed by atoms with Gasteiger partial charge in [0.05, 0.1) is 144 Å². The zero-order valence-electron chi connectivity index (χ0n) is 34.2. The van der Waals surface area contributed by atoms with Crippen molar-refractivity contribution in [3.8, 4) is 0 Å². The van der Waals surface area contributed by atoms with Crippen LogP contribution >= 0.6 is 0 Å². The molecule has 1 amide bonds. The molecule has 21 heteroatoms. The first kappa shape index (κ1) is 51.4. The monoisotopic (exact) mass is 850 g/mol. The van der Waals surface area contributed by atoms with E-state index in [0.29, 0.717) is 162 Å². The minimum absolute atomic E-state index is 0.0241. The standard InChI is InChI=1S/C37H66N6O14S/c1-3-7-43(57-4-2)37(44)32-28-33-31-40-36(30-34(33)42-35(39)29-32)58(45,46)41-6-9-48-11-13-50-15-17-52-19-21-54-23-25-56-27-26-55-24-22-53-20-18-51-16-14-49-12-10-47-8-5-38/h28,30-31,41H,3-27,29,38H2,1-2H3,(H2,39,42). The average molecular weight is 851 g/mol. The molecule has 2 heterocycles. The molecule has 0 aromatic carbocycles. The number of aliphatic imine (C=N–C) groups is 1. The molecule has 1 aliphatic heterocycles. The summed E-state index contributed by atoms with van der Waals surface area (Å²) >= 11 is 0. The fraction of sp³-hybridized carbons (Fsp3) is 0.757. The molecule has 2 rings (SSSR count). The molecule has 0 unspecified atom stereocenters. The van der Waals surface area contributed by atoms with E-state index in [1.165, 1.54) is 17.3 Å². The summed E-state index contributed by atoms with van der Waals surface area (Å²) in [6, 6.07) is 1.32. The molecule has 58 heavy (non-hydrogen) atoms. The van der Waals surface area contributed by atoms with Crippen LogP contribution in [-0.2, 0) is 67.0 Å². The second-order valence-corrected chi connectivity index (χ2v) is 13.9. The number of hydroxylamine groups is 2. The second-order valence-electron chi connectivity index (χ2n) is 12.2. The maximum atomic E-state index is 13.1. The van der Waals surface area contributed by atoms with Crippen molar-refractivity contribution in [3.05, 3.63) is 23.4 Å². The predicted molar refractivity (Wildman–Crippen MR) is 214 cm³/mol. The van der Waals surface area contributed by atoms with Crippen LogP contribution in [0, 0.1) is 0 Å². The Morgan fingerprint density at radius 3 is 1.55 bits per heavy atom. The lowest BCUT2D eigenvalue weighted by Crippen LogP contribution is -2.34. The molecule has 5 N–H and O–H groups in total. The molecule has 334 valence electrons. The molecule has 0 fully saturated rings. The lowest BCUT2D eigenvalue weighted by atomic mass is 10.1. The van der Waals surface area contributed by atoms with E-state index in [-0.39, 0.29) is 42.9 Å². The van der Waals surface area contributed by atoms with Crippen LogP contribution in [-0.4, -0.2) is 189 Å². The highest BCUT2D eigenvalue weighted by molar-refractivity contribution is 7.89. The Kier molecular flexibility index (Phi) is 30.2. The van der Waals surface area contributed by atoms with Crippen molar-refractivity contribution in [3.63, 3.8) is 0 Å². The van der Waals surface area contributed by atoms with Gasteiger partial charge in [-0.2, -0.15) is 0 Å². The number of aromatic nitrogens is 1. The van der Waals surface area contributed by atoms with Gasteiger partial charge in [0.2, 0.25) is 0 Å². The van der Waals surface area contributed by atoms with E-state index < -0.39 is 10.0 Å². The fourth-order valence-corrected chi connectivity index (χ4v) is 5.75. The molecule has 0 saturated carbocycles. The molecule has 0 saturated heterocycles. The molecule has 20 nitrogen and oxygen atoms in total. The molecule has 0 radical (unpaired) electrons. The zero-order chi connectivity index (χ0) is 41.9. The lowest BCUT2D eigenvalue weighted by Gasteiger charge is -2.21. The van der Waals surface area contributed by atoms with Gasteiger partial charge in [0.25, 0.3) is 15.9 Å². The van der Waals surface area contributed by atoms with E-state index in [9.17, 15) is 13.2 Å². The van der Waals surface area contributed by atoms with E-state index in [1.807, 2.05) is 6.92 Å². The lowest BCUT2D eigenvalue weighted by molar-refractivity contribution is -0.180. The number of hydrogen-bond acceptors (Lipinski definition) is 18. The maximum Gasteiger partial charge on any atom is 0.273 e. The number of nitrogens with zero attached hydrogens (tertiary/aromatic N) is 3. The van der Waals surface area contributed by atoms with Crippen LogP contribution in [0.3, 0.4) is 0 Å². The quantitative estimate of drug-likeness (QED) is 0.0601. The van der Waals surface area contributed by atoms with Crippen molar-refractivity contribution in [1.29, 1.82) is 0 Å². The van der Waals surface area contributed by atoms with Crippen molar-refractivity contribution < 1.29 is 65.4 Å². The van der Waals surface area contributed by atoms with Crippen LogP contribution in [0.15, 0.2) is 27.9 Å². The highest BCUT2D eigenvalue weighted by atomic mass is 32.2. The summed E-state index contributed by atoms with van der Waals surface area (Å²) in [7, 11) is -3.96. The maximum absolute atomic E-state index is 13.1. The Morgan fingerprint density at radius 1 is 0.707 bits per heavy atom. The van der Waals surface area contributed by atoms with Gasteiger partial charge in [0, 0.05) is 49.5 Å². The van der Waals surface area contributed by atoms with Crippen molar-refractivity contribution in [2.24, 2.45) is 16.5 Å². The Balaban J connectivity index is 1.39. The highest BCUT2D eigenvalue weighted by Gasteiger charge is 2.24. The number of carbonyl (C=O) groups excluding carboxylic acids is 1. The number of nitrogens with one attached hydrogen (secondary N) is 1. The summed E-state index contributed by atoms with van der Waals surface area (Å²) in [6.07, 6.45) is 3.76. The third-order valence-electron chi connectivity index (χ3n) is 7.49. The summed E-state index contributed by atoms with van der Waals surface area (Å²) in [4.78, 5) is 27.0. The van der Waals surface area contributed by atoms with Gasteiger partial charge in [-0.25, -0.2) is 28.2 Å². The number of amides is 1. The van der Waals surface area contributed by atoms with Gasteiger partial charge in [-0.1, -0.05) is 6.92 Å². The first-order valence-corrected chi connectivity index (χ1v) is 21.3. The van der Waals surface area contributed by atoms with E-state index in [4.69, 9.17) is 63.7 Å². The van der Waals surface area contributed by atoms with Gasteiger partial charge in [-0.05, 0) is 19.4 Å². The van der Waals surface area contributed by atoms with Crippen LogP contribution in [0.1, 0.15) is 32.3 Å². The van der Waals surface area contributed by atoms with Gasteiger partial charge in [-0.15, -0.1) is 0 Å². The van der Waals surface area contributed by atoms with Gasteiger partial charge >= 0.3 is 0 Å². The number of nitrogens with two attached hydrogens (primary N) is 2. The topological polar surface area (TPSA) is 245 Å². The molecule has 0 atom stereocenters. The third kappa shape index (κ3) is 24.4. The molecule has 1 aromatic heterocycles. The smallest absolute Gasteiger partial charge is 0.273 e. The van der Waals surface area contributed by atoms with Crippen LogP contribution in [0.5, 0.6) is 0 Å². The van der Waals surface area contributed by atoms with Gasteiger partial charge < -0.3 is 58.8 Å². The summed E-state index contributed by atoms with van der Waals surface area (Å²) in [5.74, 6) is -0.165. The predicted octanol–water partition coefficient (Wildman–Crippen LogP) is 0.451. The van der Waals surface area contributed by atoms with E-state index in [0.717, 1.165) is 0 Å². The summed E-state index contributed by atoms with van der Waals surface area (Å²) in [5.41, 5.74) is 12.5. The Bertz CT molecular complexity index is 1390. The average Bonchev–Trinajstić information content (AvgIpc) is 3.38. The third-order valence-corrected chi connectivity index (χ3v) is 8.85. The van der Waals surface area contributed by atoms with E-state index in [2.05, 4.69) is 14.7 Å². The van der Waals surface area contributed by atoms with E-state index >= 15 is 0 Å². The van der Waals surface area contributed by atoms with E-state index in [1.54, 1.807) is 13.0 Å². The SMILES string of the molecule is CCCN(OCC)C(=O)C1=Cc2cnc(S(=O)(=O)NCCOCCOCCOCCOCCOCCOCCOCCOCCOCCOCCN)cc2N=C(N)C1. The van der Waals surface area contributed by atoms with Crippen molar-refractivity contribution >= 4 is 33.5 Å². The largest absolute Gasteiger partial charge is 0.387 e. The minimum atomic E-state index is -3.96. The van der Waals surface area contributed by atoms with Crippen molar-refractivity contribution in [1.82, 2.24) is 14.8 Å². The Hall–Kier alpha value is -2.74. The highest BCUT2D eigenvalue weighted by Crippen LogP contribution is 2.28. The molecule has 1 aromatic rings. The summed E-state index contributed by atoms with van der Waals surface area (Å²) in [5, 5.41) is 1.07. The summed E-state index contributed by atoms with van der Waals surface area (Å²) in [6.45, 7) is 13.8. The Morgan fingerprint density at radius 2 is 1.14 bits per heavy atom. The number of sulfonamides is 1. The first-order chi connectivity index (χ1) is 28.3. The van der Waals surface area contributed by atoms with Crippen LogP contribution in [0.2, 0.25) is 0 Å². The minimum Gasteiger partial charge on any atom is -0.387 e. The fourth-order valence-electron chi connectivity index (χ4n) is 4.79. The molecule has 0 bridgehead atoms. The number of ether oxygens (including phenoxy) is 10. The van der Waals surface area contributed by atoms with Gasteiger partial charge in [0.15, 0.2) is 5.03 Å². The van der Waals surface area contributed by atoms with Crippen molar-refractivity contribution in [2.75, 3.05) is 158 Å². The Labute approximate surface area is 343 Å². The number of pyridine rings is 1. The van der Waals surface area contributed by atoms with Gasteiger partial charge in [0.1, 0.15) is 5.84 Å². The van der Waals surface area contributed by atoms with Crippen molar-refractivity contribution in [2.45, 2.75) is 31.7 Å². The molecular formula is C37H66N6O14S. The number of hydrogen-bond donors (Lipinski definition) is 3. The number of fused-ring (bicyclic) bond motifs is 1. The molecule has 1 aliphatic rings. The molecule has 0 aliphatic carbocycles. The zero-order valence-corrected chi connectivity index (χ0v) is 35.1. The second kappa shape index (κ2) is 34.0. The number of amidine groups is 1. The van der Waals surface area contributed by atoms with Crippen LogP contribution in [0.4, 0.5) is 5.69 Å². The summed E-state index contributed by atoms with van der Waals surface area (Å²) < 4.78 is 82.6. The normalized spacial score (nSPS) is 12.9. The number of rotatable bonds is 39. The van der Waals surface area contributed by atoms with Crippen LogP contribution in [0.25, 0.3) is 6.08 Å². The van der Waals surface area contributed by atoms with Crippen LogP contribution < -0.4 is 16.2 Å².